The minimum absolute atomic E-state index is 0.0308. The minimum Gasteiger partial charge on any atom is -0.324 e. The number of amides is 2. The van der Waals surface area contributed by atoms with Crippen molar-refractivity contribution in [1.82, 2.24) is 10.3 Å². The molecule has 2 unspecified atom stereocenters. The first-order chi connectivity index (χ1) is 14.1. The number of hydrogen-bond donors (Lipinski definition) is 2. The predicted octanol–water partition coefficient (Wildman–Crippen LogP) is 3.38. The van der Waals surface area contributed by atoms with Gasteiger partial charge in [-0.3, -0.25) is 14.6 Å². The molecule has 1 saturated carbocycles. The number of dihydropyridines is 1. The number of pyridine rings is 1. The number of nitrogens with one attached hydrogen (secondary N) is 2. The highest BCUT2D eigenvalue weighted by molar-refractivity contribution is 5.98. The van der Waals surface area contributed by atoms with Crippen LogP contribution in [0.15, 0.2) is 65.4 Å². The van der Waals surface area contributed by atoms with Gasteiger partial charge in [-0.25, -0.2) is 4.98 Å². The van der Waals surface area contributed by atoms with Crippen LogP contribution in [0.1, 0.15) is 35.7 Å². The smallest absolute Gasteiger partial charge is 0.255 e. The van der Waals surface area contributed by atoms with Crippen LogP contribution in [0.4, 0.5) is 5.82 Å². The van der Waals surface area contributed by atoms with E-state index in [0.717, 1.165) is 25.0 Å². The lowest BCUT2D eigenvalue weighted by molar-refractivity contribution is -0.117. The third-order valence-electron chi connectivity index (χ3n) is 5.14. The Hall–Kier alpha value is -3.28. The average molecular weight is 388 g/mol. The molecule has 29 heavy (non-hydrogen) atoms. The summed E-state index contributed by atoms with van der Waals surface area (Å²) in [5.41, 5.74) is 2.47. The number of carbonyl (C=O) groups excluding carboxylic acids is 2. The third kappa shape index (κ3) is 4.96. The Kier molecular flexibility index (Phi) is 5.51. The van der Waals surface area contributed by atoms with Gasteiger partial charge in [-0.05, 0) is 43.9 Å². The highest BCUT2D eigenvalue weighted by Gasteiger charge is 2.30. The quantitative estimate of drug-likeness (QED) is 0.796. The normalized spacial score (nSPS) is 20.7. The lowest BCUT2D eigenvalue weighted by Crippen LogP contribution is -2.31. The summed E-state index contributed by atoms with van der Waals surface area (Å²) in [7, 11) is 0. The number of nitrogens with zero attached hydrogens (tertiary/aromatic N) is 2. The van der Waals surface area contributed by atoms with E-state index in [0.29, 0.717) is 11.4 Å². The van der Waals surface area contributed by atoms with E-state index in [4.69, 9.17) is 0 Å². The van der Waals surface area contributed by atoms with Gasteiger partial charge in [-0.15, -0.1) is 0 Å². The number of rotatable bonds is 6. The largest absolute Gasteiger partial charge is 0.324 e. The van der Waals surface area contributed by atoms with Crippen molar-refractivity contribution in [3.05, 3.63) is 71.6 Å². The zero-order valence-corrected chi connectivity index (χ0v) is 16.3. The molecule has 4 rings (SSSR count). The van der Waals surface area contributed by atoms with Crippen LogP contribution in [-0.2, 0) is 11.2 Å². The molecule has 2 aromatic rings. The number of anilines is 1. The molecule has 2 aliphatic rings. The standard InChI is InChI=1S/C23H24N4O2/c1-15-20(12-17(14-25-15)11-16-5-3-2-4-6-16)26-23(29)19-9-10-24-21(13-19)27-22(28)18-7-8-18/h2-6,9-10,12-15,17-18H,7-8,11H2,1H3,(H,26,29)(H,24,27,28). The molecule has 6 heteroatoms. The molecule has 0 spiro atoms. The molecule has 1 fully saturated rings. The van der Waals surface area contributed by atoms with Gasteiger partial charge in [0.25, 0.3) is 5.91 Å². The van der Waals surface area contributed by atoms with E-state index in [-0.39, 0.29) is 29.7 Å². The maximum Gasteiger partial charge on any atom is 0.255 e. The van der Waals surface area contributed by atoms with Gasteiger partial charge < -0.3 is 10.6 Å². The monoisotopic (exact) mass is 388 g/mol. The zero-order valence-electron chi connectivity index (χ0n) is 16.3. The van der Waals surface area contributed by atoms with Gasteiger partial charge in [-0.1, -0.05) is 36.4 Å². The molecule has 2 N–H and O–H groups in total. The SMILES string of the molecule is CC1N=CC(Cc2ccccc2)C=C1NC(=O)c1ccnc(NC(=O)C2CC2)c1. The van der Waals surface area contributed by atoms with Crippen molar-refractivity contribution in [2.45, 2.75) is 32.2 Å². The second-order valence-corrected chi connectivity index (χ2v) is 7.60. The predicted molar refractivity (Wildman–Crippen MR) is 113 cm³/mol. The van der Waals surface area contributed by atoms with Crippen molar-refractivity contribution in [2.24, 2.45) is 16.8 Å². The molecule has 0 saturated heterocycles. The molecule has 0 bridgehead atoms. The number of benzene rings is 1. The second kappa shape index (κ2) is 8.39. The summed E-state index contributed by atoms with van der Waals surface area (Å²) in [4.78, 5) is 33.4. The third-order valence-corrected chi connectivity index (χ3v) is 5.14. The number of carbonyl (C=O) groups is 2. The fourth-order valence-corrected chi connectivity index (χ4v) is 3.29. The highest BCUT2D eigenvalue weighted by atomic mass is 16.2. The van der Waals surface area contributed by atoms with Gasteiger partial charge >= 0.3 is 0 Å². The molecule has 2 heterocycles. The lowest BCUT2D eigenvalue weighted by atomic mass is 9.96. The number of aromatic nitrogens is 1. The Morgan fingerprint density at radius 3 is 2.66 bits per heavy atom. The summed E-state index contributed by atoms with van der Waals surface area (Å²) < 4.78 is 0. The van der Waals surface area contributed by atoms with Crippen LogP contribution in [0.3, 0.4) is 0 Å². The van der Waals surface area contributed by atoms with Crippen LogP contribution >= 0.6 is 0 Å². The van der Waals surface area contributed by atoms with E-state index in [1.54, 1.807) is 12.1 Å². The van der Waals surface area contributed by atoms with Crippen molar-refractivity contribution in [2.75, 3.05) is 5.32 Å². The molecular weight excluding hydrogens is 364 g/mol. The maximum atomic E-state index is 12.8. The lowest BCUT2D eigenvalue weighted by Gasteiger charge is -2.21. The summed E-state index contributed by atoms with van der Waals surface area (Å²) in [6, 6.07) is 13.4. The summed E-state index contributed by atoms with van der Waals surface area (Å²) >= 11 is 0. The molecule has 1 aromatic heterocycles. The molecular formula is C23H24N4O2. The zero-order chi connectivity index (χ0) is 20.2. The van der Waals surface area contributed by atoms with Crippen molar-refractivity contribution in [1.29, 1.82) is 0 Å². The molecule has 6 nitrogen and oxygen atoms in total. The Labute approximate surface area is 170 Å². The van der Waals surface area contributed by atoms with E-state index < -0.39 is 0 Å². The number of hydrogen-bond acceptors (Lipinski definition) is 4. The first-order valence-corrected chi connectivity index (χ1v) is 9.95. The van der Waals surface area contributed by atoms with Gasteiger partial charge in [0.05, 0.1) is 6.04 Å². The van der Waals surface area contributed by atoms with Crippen LogP contribution in [0, 0.1) is 11.8 Å². The first-order valence-electron chi connectivity index (χ1n) is 9.95. The molecule has 1 aliphatic heterocycles. The highest BCUT2D eigenvalue weighted by Crippen LogP contribution is 2.30. The summed E-state index contributed by atoms with van der Waals surface area (Å²) in [6.07, 6.45) is 8.23. The molecule has 2 amide bonds. The van der Waals surface area contributed by atoms with Crippen molar-refractivity contribution < 1.29 is 9.59 Å². The van der Waals surface area contributed by atoms with E-state index in [1.165, 1.54) is 11.8 Å². The average Bonchev–Trinajstić information content (AvgIpc) is 3.57. The number of allylic oxidation sites excluding steroid dienone is 1. The Balaban J connectivity index is 1.43. The summed E-state index contributed by atoms with van der Waals surface area (Å²) in [6.45, 7) is 1.95. The van der Waals surface area contributed by atoms with Crippen molar-refractivity contribution in [3.63, 3.8) is 0 Å². The van der Waals surface area contributed by atoms with Crippen LogP contribution < -0.4 is 10.6 Å². The molecule has 148 valence electrons. The van der Waals surface area contributed by atoms with Gasteiger partial charge in [0, 0.05) is 35.5 Å². The van der Waals surface area contributed by atoms with Gasteiger partial charge in [0.1, 0.15) is 5.82 Å². The summed E-state index contributed by atoms with van der Waals surface area (Å²) in [5.74, 6) is 0.358. The van der Waals surface area contributed by atoms with Crippen molar-refractivity contribution in [3.8, 4) is 0 Å². The van der Waals surface area contributed by atoms with Gasteiger partial charge in [-0.2, -0.15) is 0 Å². The molecule has 0 radical (unpaired) electrons. The van der Waals surface area contributed by atoms with Gasteiger partial charge in [0.15, 0.2) is 0 Å². The Morgan fingerprint density at radius 2 is 1.90 bits per heavy atom. The molecule has 1 aliphatic carbocycles. The van der Waals surface area contributed by atoms with E-state index in [2.05, 4.69) is 38.8 Å². The van der Waals surface area contributed by atoms with Crippen LogP contribution in [0.5, 0.6) is 0 Å². The maximum absolute atomic E-state index is 12.8. The molecule has 1 aromatic carbocycles. The Morgan fingerprint density at radius 1 is 1.10 bits per heavy atom. The van der Waals surface area contributed by atoms with Crippen LogP contribution in [0.2, 0.25) is 0 Å². The van der Waals surface area contributed by atoms with Gasteiger partial charge in [0.2, 0.25) is 5.91 Å². The second-order valence-electron chi connectivity index (χ2n) is 7.60. The van der Waals surface area contributed by atoms with Crippen LogP contribution in [-0.4, -0.2) is 29.1 Å². The number of aliphatic imine (C=N–C) groups is 1. The fourth-order valence-electron chi connectivity index (χ4n) is 3.29. The topological polar surface area (TPSA) is 83.4 Å². The van der Waals surface area contributed by atoms with E-state index >= 15 is 0 Å². The Bertz CT molecular complexity index is 964. The fraction of sp³-hybridized carbons (Fsp3) is 0.304. The van der Waals surface area contributed by atoms with E-state index in [9.17, 15) is 9.59 Å². The first kappa shape index (κ1) is 19.1. The van der Waals surface area contributed by atoms with Crippen molar-refractivity contribution >= 4 is 23.8 Å². The van der Waals surface area contributed by atoms with Crippen LogP contribution in [0.25, 0.3) is 0 Å². The van der Waals surface area contributed by atoms with E-state index in [1.807, 2.05) is 31.3 Å². The summed E-state index contributed by atoms with van der Waals surface area (Å²) in [5, 5.41) is 5.76. The minimum atomic E-state index is -0.233. The molecule has 2 atom stereocenters.